The molecule has 0 aliphatic rings. The van der Waals surface area contributed by atoms with E-state index in [1.165, 1.54) is 18.2 Å². The highest BCUT2D eigenvalue weighted by Gasteiger charge is 2.22. The summed E-state index contributed by atoms with van der Waals surface area (Å²) in [4.78, 5) is 95.6. The molecule has 21 nitrogen and oxygen atoms in total. The molecule has 0 saturated carbocycles. The number of carbonyl (C=O) groups is 8. The molecule has 21 heteroatoms. The normalized spacial score (nSPS) is 11.5. The SMILES string of the molecule is [N-]=[N+]=Nc1cc(C(=O)NCCCCCNC(=O)N[C@@H](CCC(=O)O)C(=O)O)cc(C(=O)NCCCCCNC(=O)N[C@@H](CCC(=O)O)C(=O)O)c1. The highest BCUT2D eigenvalue weighted by Crippen LogP contribution is 2.19. The van der Waals surface area contributed by atoms with Crippen molar-refractivity contribution in [3.63, 3.8) is 0 Å². The summed E-state index contributed by atoms with van der Waals surface area (Å²) < 4.78 is 0. The summed E-state index contributed by atoms with van der Waals surface area (Å²) in [6.45, 7) is 0.905. The van der Waals surface area contributed by atoms with Gasteiger partial charge in [-0.25, -0.2) is 19.2 Å². The molecule has 2 atom stereocenters. The third-order valence-corrected chi connectivity index (χ3v) is 6.95. The van der Waals surface area contributed by atoms with Crippen LogP contribution in [0.15, 0.2) is 23.3 Å². The molecule has 0 bridgehead atoms. The van der Waals surface area contributed by atoms with Gasteiger partial charge in [0.2, 0.25) is 0 Å². The number of carboxylic acid groups (broad SMARTS) is 4. The Kier molecular flexibility index (Phi) is 20.3. The molecule has 10 N–H and O–H groups in total. The third-order valence-electron chi connectivity index (χ3n) is 6.95. The van der Waals surface area contributed by atoms with Gasteiger partial charge in [0.1, 0.15) is 12.1 Å². The van der Waals surface area contributed by atoms with Crippen molar-refractivity contribution in [3.05, 3.63) is 39.8 Å². The monoisotopic (exact) mass is 721 g/mol. The fraction of sp³-hybridized carbons (Fsp3) is 0.533. The molecule has 51 heavy (non-hydrogen) atoms. The van der Waals surface area contributed by atoms with Crippen molar-refractivity contribution in [2.75, 3.05) is 26.2 Å². The van der Waals surface area contributed by atoms with E-state index in [1.807, 2.05) is 0 Å². The molecule has 0 unspecified atom stereocenters. The summed E-state index contributed by atoms with van der Waals surface area (Å²) in [6.07, 6.45) is 1.84. The summed E-state index contributed by atoms with van der Waals surface area (Å²) in [7, 11) is 0. The Balaban J connectivity index is 2.43. The van der Waals surface area contributed by atoms with Gasteiger partial charge >= 0.3 is 35.9 Å². The molecule has 0 spiro atoms. The Labute approximate surface area is 291 Å². The average molecular weight is 722 g/mol. The lowest BCUT2D eigenvalue weighted by Gasteiger charge is -2.14. The van der Waals surface area contributed by atoms with Gasteiger partial charge in [-0.2, -0.15) is 0 Å². The number of carbonyl (C=O) groups excluding carboxylic acids is 4. The third kappa shape index (κ3) is 19.5. The molecule has 0 aliphatic carbocycles. The van der Waals surface area contributed by atoms with Gasteiger partial charge in [0.05, 0.1) is 0 Å². The molecule has 1 rings (SSSR count). The standard InChI is InChI=1S/C30H43N9O12/c31-39-38-20-16-18(25(44)32-11-3-1-5-13-34-29(50)36-21(27(46)47)7-9-23(40)41)15-19(17-20)26(45)33-12-4-2-6-14-35-30(51)37-22(28(48)49)8-10-24(42)43/h15-17,21-22H,1-14H2,(H,32,44)(H,33,45)(H,40,41)(H,42,43)(H,46,47)(H,48,49)(H2,34,36,50)(H2,35,37,51)/t21-,22-/m0/s1. The molecular formula is C30H43N9O12. The van der Waals surface area contributed by atoms with Crippen molar-refractivity contribution >= 4 is 53.4 Å². The molecule has 1 aromatic rings. The molecular weight excluding hydrogens is 678 g/mol. The van der Waals surface area contributed by atoms with Crippen molar-refractivity contribution in [2.45, 2.75) is 76.3 Å². The molecule has 0 aromatic heterocycles. The van der Waals surface area contributed by atoms with E-state index in [4.69, 9.17) is 26.0 Å². The van der Waals surface area contributed by atoms with Gasteiger partial charge in [-0.05, 0) is 75.1 Å². The van der Waals surface area contributed by atoms with Crippen LogP contribution in [0.5, 0.6) is 0 Å². The molecule has 0 heterocycles. The largest absolute Gasteiger partial charge is 0.481 e. The van der Waals surface area contributed by atoms with Crippen LogP contribution in [0.2, 0.25) is 0 Å². The molecule has 280 valence electrons. The Bertz CT molecular complexity index is 1350. The van der Waals surface area contributed by atoms with Gasteiger partial charge < -0.3 is 52.3 Å². The molecule has 1 aromatic carbocycles. The van der Waals surface area contributed by atoms with Crippen LogP contribution in [-0.4, -0.2) is 106 Å². The van der Waals surface area contributed by atoms with E-state index in [-0.39, 0.29) is 55.8 Å². The number of nitrogens with zero attached hydrogens (tertiary/aromatic N) is 3. The van der Waals surface area contributed by atoms with Crippen LogP contribution in [0, 0.1) is 0 Å². The summed E-state index contributed by atoms with van der Waals surface area (Å²) in [5, 5.41) is 53.8. The zero-order valence-corrected chi connectivity index (χ0v) is 27.7. The van der Waals surface area contributed by atoms with Gasteiger partial charge in [-0.3, -0.25) is 19.2 Å². The number of hydrogen-bond acceptors (Lipinski definition) is 9. The van der Waals surface area contributed by atoms with E-state index >= 15 is 0 Å². The number of urea groups is 2. The Hall–Kier alpha value is -6.11. The zero-order valence-electron chi connectivity index (χ0n) is 27.7. The topological polar surface area (TPSA) is 338 Å². The van der Waals surface area contributed by atoms with Gasteiger partial charge in [0.15, 0.2) is 0 Å². The second-order valence-electron chi connectivity index (χ2n) is 11.0. The van der Waals surface area contributed by atoms with Crippen LogP contribution in [0.25, 0.3) is 10.4 Å². The van der Waals surface area contributed by atoms with E-state index in [2.05, 4.69) is 41.9 Å². The molecule has 0 aliphatic heterocycles. The number of hydrogen-bond donors (Lipinski definition) is 10. The first kappa shape index (κ1) is 42.9. The lowest BCUT2D eigenvalue weighted by molar-refractivity contribution is -0.142. The number of nitrogens with one attached hydrogen (secondary N) is 6. The van der Waals surface area contributed by atoms with E-state index in [9.17, 15) is 38.4 Å². The van der Waals surface area contributed by atoms with E-state index in [0.29, 0.717) is 38.5 Å². The van der Waals surface area contributed by atoms with Crippen molar-refractivity contribution in [1.29, 1.82) is 0 Å². The quantitative estimate of drug-likeness (QED) is 0.0298. The lowest BCUT2D eigenvalue weighted by Crippen LogP contribution is -2.46. The first-order valence-electron chi connectivity index (χ1n) is 16.0. The minimum absolute atomic E-state index is 0.0465. The van der Waals surface area contributed by atoms with Gasteiger partial charge in [0, 0.05) is 60.7 Å². The maximum Gasteiger partial charge on any atom is 0.326 e. The first-order valence-corrected chi connectivity index (χ1v) is 16.0. The second kappa shape index (κ2) is 24.1. The Morgan fingerprint density at radius 3 is 1.29 bits per heavy atom. The first-order chi connectivity index (χ1) is 24.2. The predicted octanol–water partition coefficient (Wildman–Crippen LogP) is 1.66. The minimum atomic E-state index is -1.35. The minimum Gasteiger partial charge on any atom is -0.481 e. The van der Waals surface area contributed by atoms with Crippen LogP contribution < -0.4 is 31.9 Å². The van der Waals surface area contributed by atoms with Crippen molar-refractivity contribution < 1.29 is 58.8 Å². The predicted molar refractivity (Wildman–Crippen MR) is 177 cm³/mol. The summed E-state index contributed by atoms with van der Waals surface area (Å²) in [5.74, 6) is -6.11. The van der Waals surface area contributed by atoms with Crippen molar-refractivity contribution in [1.82, 2.24) is 31.9 Å². The number of unbranched alkanes of at least 4 members (excludes halogenated alkanes) is 4. The number of aliphatic carboxylic acids is 4. The van der Waals surface area contributed by atoms with Crippen LogP contribution in [0.1, 0.15) is 84.9 Å². The number of azide groups is 1. The number of rotatable bonds is 25. The maximum atomic E-state index is 12.8. The molecule has 0 fully saturated rings. The van der Waals surface area contributed by atoms with E-state index in [1.54, 1.807) is 0 Å². The van der Waals surface area contributed by atoms with Crippen molar-refractivity contribution in [3.8, 4) is 0 Å². The second-order valence-corrected chi connectivity index (χ2v) is 11.0. The van der Waals surface area contributed by atoms with Crippen LogP contribution in [0.4, 0.5) is 15.3 Å². The van der Waals surface area contributed by atoms with Crippen molar-refractivity contribution in [2.24, 2.45) is 5.11 Å². The summed E-state index contributed by atoms with van der Waals surface area (Å²) in [6, 6.07) is -0.193. The lowest BCUT2D eigenvalue weighted by atomic mass is 10.1. The molecule has 0 radical (unpaired) electrons. The molecule has 0 saturated heterocycles. The average Bonchev–Trinajstić information content (AvgIpc) is 3.06. The van der Waals surface area contributed by atoms with Gasteiger partial charge in [-0.1, -0.05) is 5.11 Å². The fourth-order valence-corrected chi connectivity index (χ4v) is 4.32. The van der Waals surface area contributed by atoms with Crippen LogP contribution in [0.3, 0.4) is 0 Å². The highest BCUT2D eigenvalue weighted by atomic mass is 16.4. The zero-order chi connectivity index (χ0) is 38.2. The van der Waals surface area contributed by atoms with Gasteiger partial charge in [0.25, 0.3) is 11.8 Å². The Morgan fingerprint density at radius 1 is 0.588 bits per heavy atom. The molecule has 6 amide bonds. The smallest absolute Gasteiger partial charge is 0.326 e. The number of benzene rings is 1. The maximum absolute atomic E-state index is 12.8. The Morgan fingerprint density at radius 2 is 0.961 bits per heavy atom. The summed E-state index contributed by atoms with van der Waals surface area (Å²) in [5.41, 5.74) is 9.07. The fourth-order valence-electron chi connectivity index (χ4n) is 4.32. The van der Waals surface area contributed by atoms with Crippen LogP contribution in [-0.2, 0) is 19.2 Å². The van der Waals surface area contributed by atoms with E-state index in [0.717, 1.165) is 0 Å². The number of carboxylic acids is 4. The van der Waals surface area contributed by atoms with Gasteiger partial charge in [-0.15, -0.1) is 0 Å². The number of amides is 6. The summed E-state index contributed by atoms with van der Waals surface area (Å²) >= 11 is 0. The van der Waals surface area contributed by atoms with Crippen LogP contribution >= 0.6 is 0 Å². The highest BCUT2D eigenvalue weighted by molar-refractivity contribution is 6.01. The van der Waals surface area contributed by atoms with E-state index < -0.39 is 72.7 Å².